The summed E-state index contributed by atoms with van der Waals surface area (Å²) >= 11 is 5.78. The van der Waals surface area contributed by atoms with Crippen LogP contribution in [-0.4, -0.2) is 9.13 Å². The Morgan fingerprint density at radius 1 is 1.43 bits per heavy atom. The maximum absolute atomic E-state index is 11.5. The third kappa shape index (κ3) is 1.03. The van der Waals surface area contributed by atoms with Crippen molar-refractivity contribution in [1.29, 1.82) is 5.26 Å². The molecule has 1 aromatic carbocycles. The molecule has 0 saturated carbocycles. The van der Waals surface area contributed by atoms with E-state index in [1.54, 1.807) is 25.2 Å². The van der Waals surface area contributed by atoms with E-state index in [2.05, 4.69) is 0 Å². The fraction of sp³-hybridized carbons (Fsp3) is 0.111. The number of benzene rings is 1. The van der Waals surface area contributed by atoms with Crippen molar-refractivity contribution in [3.63, 3.8) is 0 Å². The van der Waals surface area contributed by atoms with Gasteiger partial charge in [0, 0.05) is 12.1 Å². The second-order valence-corrected chi connectivity index (χ2v) is 3.35. The first-order valence-electron chi connectivity index (χ1n) is 3.92. The Labute approximate surface area is 84.5 Å². The maximum atomic E-state index is 11.5. The molecule has 0 aliphatic rings. The largest absolute Gasteiger partial charge is 0.342 e. The lowest BCUT2D eigenvalue weighted by molar-refractivity contribution is 0.852. The summed E-state index contributed by atoms with van der Waals surface area (Å²) in [4.78, 5) is 11.5. The molecular formula is C9H6ClN3O. The van der Waals surface area contributed by atoms with E-state index < -0.39 is 0 Å². The van der Waals surface area contributed by atoms with Crippen LogP contribution >= 0.6 is 11.6 Å². The van der Waals surface area contributed by atoms with E-state index in [1.807, 2.05) is 6.19 Å². The average molecular weight is 208 g/mol. The molecule has 0 spiro atoms. The van der Waals surface area contributed by atoms with Crippen LogP contribution in [-0.2, 0) is 7.05 Å². The molecule has 0 N–H and O–H groups in total. The molecule has 4 nitrogen and oxygen atoms in total. The van der Waals surface area contributed by atoms with Gasteiger partial charge >= 0.3 is 5.69 Å². The van der Waals surface area contributed by atoms with Gasteiger partial charge in [0.15, 0.2) is 6.19 Å². The number of hydrogen-bond acceptors (Lipinski definition) is 2. The predicted octanol–water partition coefficient (Wildman–Crippen LogP) is 1.32. The van der Waals surface area contributed by atoms with Crippen molar-refractivity contribution in [2.45, 2.75) is 0 Å². The summed E-state index contributed by atoms with van der Waals surface area (Å²) in [5.41, 5.74) is 0.873. The molecule has 0 saturated heterocycles. The lowest BCUT2D eigenvalue weighted by atomic mass is 10.3. The van der Waals surface area contributed by atoms with Crippen molar-refractivity contribution in [2.75, 3.05) is 0 Å². The fourth-order valence-corrected chi connectivity index (χ4v) is 1.58. The number of halogens is 1. The molecule has 1 aromatic heterocycles. The molecule has 0 unspecified atom stereocenters. The minimum absolute atomic E-state index is 0.357. The highest BCUT2D eigenvalue weighted by Gasteiger charge is 2.09. The molecule has 70 valence electrons. The van der Waals surface area contributed by atoms with Crippen molar-refractivity contribution in [3.8, 4) is 6.19 Å². The van der Waals surface area contributed by atoms with Crippen LogP contribution in [0.15, 0.2) is 23.0 Å². The molecule has 0 radical (unpaired) electrons. The molecule has 1 heterocycles. The molecule has 0 aliphatic carbocycles. The van der Waals surface area contributed by atoms with Gasteiger partial charge in [0.2, 0.25) is 0 Å². The molecule has 0 atom stereocenters. The van der Waals surface area contributed by atoms with Crippen molar-refractivity contribution < 1.29 is 0 Å². The first-order chi connectivity index (χ1) is 6.65. The zero-order chi connectivity index (χ0) is 10.3. The van der Waals surface area contributed by atoms with Gasteiger partial charge in [-0.05, 0) is 18.2 Å². The van der Waals surface area contributed by atoms with E-state index in [0.717, 1.165) is 4.57 Å². The van der Waals surface area contributed by atoms with E-state index in [-0.39, 0.29) is 5.69 Å². The summed E-state index contributed by atoms with van der Waals surface area (Å²) in [7, 11) is 1.62. The lowest BCUT2D eigenvalue weighted by Crippen LogP contribution is -2.19. The molecule has 2 aromatic rings. The Morgan fingerprint density at radius 2 is 2.14 bits per heavy atom. The molecule has 5 heteroatoms. The smallest absolute Gasteiger partial charge is 0.294 e. The summed E-state index contributed by atoms with van der Waals surface area (Å²) in [6.45, 7) is 0. The number of aryl methyl sites for hydroxylation is 1. The summed E-state index contributed by atoms with van der Waals surface area (Å²) in [5, 5.41) is 9.28. The van der Waals surface area contributed by atoms with E-state index in [4.69, 9.17) is 16.9 Å². The Balaban J connectivity index is 3.06. The molecular weight excluding hydrogens is 202 g/mol. The first-order valence-corrected chi connectivity index (χ1v) is 4.30. The molecule has 0 aliphatic heterocycles. The SMILES string of the molecule is Cn1c(=O)n(C#N)c2cc(Cl)ccc21. The Kier molecular flexibility index (Phi) is 1.83. The number of rotatable bonds is 0. The van der Waals surface area contributed by atoms with Crippen molar-refractivity contribution in [2.24, 2.45) is 7.05 Å². The van der Waals surface area contributed by atoms with Crippen molar-refractivity contribution >= 4 is 22.6 Å². The van der Waals surface area contributed by atoms with Crippen LogP contribution in [0.25, 0.3) is 11.0 Å². The third-order valence-electron chi connectivity index (χ3n) is 2.12. The summed E-state index contributed by atoms with van der Waals surface area (Å²) in [5.74, 6) is 0. The minimum Gasteiger partial charge on any atom is -0.294 e. The van der Waals surface area contributed by atoms with Crippen molar-refractivity contribution in [1.82, 2.24) is 9.13 Å². The molecule has 0 bridgehead atoms. The van der Waals surface area contributed by atoms with Crippen LogP contribution in [0.3, 0.4) is 0 Å². The topological polar surface area (TPSA) is 50.7 Å². The highest BCUT2D eigenvalue weighted by molar-refractivity contribution is 6.31. The number of aromatic nitrogens is 2. The average Bonchev–Trinajstić information content (AvgIpc) is 2.39. The standard InChI is InChI=1S/C9H6ClN3O/c1-12-7-3-2-6(10)4-8(7)13(5-11)9(12)14/h2-4H,1H3. The van der Waals surface area contributed by atoms with Gasteiger partial charge in [0.1, 0.15) is 0 Å². The second kappa shape index (κ2) is 2.89. The minimum atomic E-state index is -0.357. The highest BCUT2D eigenvalue weighted by Crippen LogP contribution is 2.17. The monoisotopic (exact) mass is 207 g/mol. The summed E-state index contributed by atoms with van der Waals surface area (Å²) in [6.07, 6.45) is 1.81. The second-order valence-electron chi connectivity index (χ2n) is 2.91. The van der Waals surface area contributed by atoms with Crippen LogP contribution in [0.5, 0.6) is 0 Å². The number of nitrogens with zero attached hydrogens (tertiary/aromatic N) is 3. The quantitative estimate of drug-likeness (QED) is 0.654. The number of fused-ring (bicyclic) bond motifs is 1. The van der Waals surface area contributed by atoms with E-state index in [9.17, 15) is 4.79 Å². The Morgan fingerprint density at radius 3 is 2.79 bits per heavy atom. The predicted molar refractivity (Wildman–Crippen MR) is 53.2 cm³/mol. The normalized spacial score (nSPS) is 10.4. The molecule has 2 rings (SSSR count). The first kappa shape index (κ1) is 8.85. The molecule has 0 amide bonds. The highest BCUT2D eigenvalue weighted by atomic mass is 35.5. The van der Waals surface area contributed by atoms with Crippen LogP contribution in [0, 0.1) is 11.5 Å². The Bertz CT molecular complexity index is 603. The van der Waals surface area contributed by atoms with E-state index in [0.29, 0.717) is 16.1 Å². The zero-order valence-corrected chi connectivity index (χ0v) is 8.12. The molecule has 14 heavy (non-hydrogen) atoms. The number of nitriles is 1. The van der Waals surface area contributed by atoms with Gasteiger partial charge in [-0.2, -0.15) is 9.83 Å². The van der Waals surface area contributed by atoms with Gasteiger partial charge in [-0.25, -0.2) is 4.79 Å². The van der Waals surface area contributed by atoms with Gasteiger partial charge in [-0.15, -0.1) is 0 Å². The van der Waals surface area contributed by atoms with Gasteiger partial charge in [0.25, 0.3) is 0 Å². The van der Waals surface area contributed by atoms with Crippen molar-refractivity contribution in [3.05, 3.63) is 33.7 Å². The maximum Gasteiger partial charge on any atom is 0.342 e. The number of hydrogen-bond donors (Lipinski definition) is 0. The number of imidazole rings is 1. The lowest BCUT2D eigenvalue weighted by Gasteiger charge is -1.93. The summed E-state index contributed by atoms with van der Waals surface area (Å²) < 4.78 is 2.43. The van der Waals surface area contributed by atoms with E-state index in [1.165, 1.54) is 4.57 Å². The zero-order valence-electron chi connectivity index (χ0n) is 7.36. The third-order valence-corrected chi connectivity index (χ3v) is 2.35. The Hall–Kier alpha value is -1.73. The van der Waals surface area contributed by atoms with Crippen LogP contribution < -0.4 is 5.69 Å². The van der Waals surface area contributed by atoms with Crippen LogP contribution in [0.4, 0.5) is 0 Å². The fourth-order valence-electron chi connectivity index (χ4n) is 1.41. The van der Waals surface area contributed by atoms with Gasteiger partial charge in [0.05, 0.1) is 11.0 Å². The van der Waals surface area contributed by atoms with E-state index >= 15 is 0 Å². The van der Waals surface area contributed by atoms with Gasteiger partial charge < -0.3 is 0 Å². The van der Waals surface area contributed by atoms with Gasteiger partial charge in [-0.3, -0.25) is 4.57 Å². The molecule has 0 fully saturated rings. The van der Waals surface area contributed by atoms with Crippen LogP contribution in [0.1, 0.15) is 0 Å². The summed E-state index contributed by atoms with van der Waals surface area (Å²) in [6, 6.07) is 5.00. The van der Waals surface area contributed by atoms with Crippen LogP contribution in [0.2, 0.25) is 5.02 Å². The van der Waals surface area contributed by atoms with Gasteiger partial charge in [-0.1, -0.05) is 11.6 Å².